The number of aromatic nitrogens is 2. The van der Waals surface area contributed by atoms with Crippen LogP contribution in [0, 0.1) is 0 Å². The largest absolute Gasteiger partial charge is 0.480 e. The van der Waals surface area contributed by atoms with Gasteiger partial charge in [-0.3, -0.25) is 0 Å². The van der Waals surface area contributed by atoms with Crippen molar-refractivity contribution in [2.75, 3.05) is 19.8 Å². The fourth-order valence-corrected chi connectivity index (χ4v) is 2.81. The topological polar surface area (TPSA) is 121 Å². The molecule has 0 saturated carbocycles. The zero-order valence-electron chi connectivity index (χ0n) is 10.4. The number of carboxylic acid groups (broad SMARTS) is 1. The van der Waals surface area contributed by atoms with E-state index in [0.29, 0.717) is 11.0 Å². The Labute approximate surface area is 114 Å². The molecule has 0 aliphatic carbocycles. The Bertz CT molecular complexity index is 710. The lowest BCUT2D eigenvalue weighted by Gasteiger charge is -2.05. The number of fused-ring (bicyclic) bond motifs is 1. The van der Waals surface area contributed by atoms with Gasteiger partial charge in [-0.15, -0.1) is 0 Å². The van der Waals surface area contributed by atoms with E-state index < -0.39 is 22.6 Å². The summed E-state index contributed by atoms with van der Waals surface area (Å²) in [6.45, 7) is -0.493. The molecule has 0 bridgehead atoms. The van der Waals surface area contributed by atoms with Crippen molar-refractivity contribution in [3.05, 3.63) is 24.5 Å². The number of nitrogens with zero attached hydrogens (tertiary/aromatic N) is 1. The predicted octanol–water partition coefficient (Wildman–Crippen LogP) is -0.0576. The number of hydrogen-bond donors (Lipinski definition) is 3. The van der Waals surface area contributed by atoms with E-state index in [4.69, 9.17) is 9.84 Å². The van der Waals surface area contributed by atoms with Gasteiger partial charge in [-0.05, 0) is 12.1 Å². The fourth-order valence-electron chi connectivity index (χ4n) is 1.64. The van der Waals surface area contributed by atoms with Gasteiger partial charge in [0.2, 0.25) is 10.0 Å². The van der Waals surface area contributed by atoms with E-state index in [9.17, 15) is 13.2 Å². The zero-order chi connectivity index (χ0) is 14.6. The van der Waals surface area contributed by atoms with Crippen molar-refractivity contribution < 1.29 is 23.1 Å². The second-order valence-electron chi connectivity index (χ2n) is 3.90. The molecule has 0 aliphatic rings. The van der Waals surface area contributed by atoms with Gasteiger partial charge in [0.25, 0.3) is 0 Å². The minimum absolute atomic E-state index is 0.0114. The molecule has 3 N–H and O–H groups in total. The highest BCUT2D eigenvalue weighted by Gasteiger charge is 2.18. The van der Waals surface area contributed by atoms with Crippen LogP contribution in [0.3, 0.4) is 0 Å². The summed E-state index contributed by atoms with van der Waals surface area (Å²) in [7, 11) is -3.69. The molecule has 20 heavy (non-hydrogen) atoms. The fraction of sp³-hybridized carbons (Fsp3) is 0.273. The Morgan fingerprint density at radius 2 is 2.30 bits per heavy atom. The summed E-state index contributed by atoms with van der Waals surface area (Å²) in [5.74, 6) is -1.10. The first-order valence-corrected chi connectivity index (χ1v) is 7.20. The van der Waals surface area contributed by atoms with Gasteiger partial charge in [-0.1, -0.05) is 0 Å². The van der Waals surface area contributed by atoms with E-state index in [1.807, 2.05) is 0 Å². The second-order valence-corrected chi connectivity index (χ2v) is 5.63. The summed E-state index contributed by atoms with van der Waals surface area (Å²) in [5.41, 5.74) is 0.481. The van der Waals surface area contributed by atoms with E-state index in [2.05, 4.69) is 14.7 Å². The average molecular weight is 299 g/mol. The normalized spacial score (nSPS) is 11.8. The van der Waals surface area contributed by atoms with Crippen molar-refractivity contribution in [3.63, 3.8) is 0 Å². The highest BCUT2D eigenvalue weighted by atomic mass is 32.2. The van der Waals surface area contributed by atoms with Gasteiger partial charge in [0.15, 0.2) is 0 Å². The van der Waals surface area contributed by atoms with E-state index in [1.54, 1.807) is 18.3 Å². The number of nitrogens with one attached hydrogen (secondary N) is 2. The van der Waals surface area contributed by atoms with Crippen molar-refractivity contribution in [2.24, 2.45) is 0 Å². The molecule has 9 heteroatoms. The average Bonchev–Trinajstić information content (AvgIpc) is 2.82. The number of ether oxygens (including phenoxy) is 1. The van der Waals surface area contributed by atoms with Gasteiger partial charge in [-0.25, -0.2) is 22.9 Å². The first kappa shape index (κ1) is 14.4. The van der Waals surface area contributed by atoms with Crippen LogP contribution in [0.15, 0.2) is 29.4 Å². The van der Waals surface area contributed by atoms with Gasteiger partial charge < -0.3 is 14.8 Å². The van der Waals surface area contributed by atoms with E-state index >= 15 is 0 Å². The maximum Gasteiger partial charge on any atom is 0.329 e. The van der Waals surface area contributed by atoms with Crippen LogP contribution in [0.1, 0.15) is 0 Å². The van der Waals surface area contributed by atoms with Crippen molar-refractivity contribution in [2.45, 2.75) is 4.90 Å². The first-order chi connectivity index (χ1) is 9.50. The molecule has 8 nitrogen and oxygen atoms in total. The highest BCUT2D eigenvalue weighted by Crippen LogP contribution is 2.20. The molecule has 2 heterocycles. The molecule has 0 fully saturated rings. The maximum absolute atomic E-state index is 12.1. The molecule has 2 aromatic heterocycles. The van der Waals surface area contributed by atoms with Gasteiger partial charge in [0.1, 0.15) is 17.1 Å². The van der Waals surface area contributed by atoms with Gasteiger partial charge in [-0.2, -0.15) is 0 Å². The SMILES string of the molecule is O=C(O)COCCNS(=O)(=O)c1c[nH]c2ncccc12. The summed E-state index contributed by atoms with van der Waals surface area (Å²) < 4.78 is 31.2. The Morgan fingerprint density at radius 1 is 1.50 bits per heavy atom. The molecule has 0 radical (unpaired) electrons. The Morgan fingerprint density at radius 3 is 3.05 bits per heavy atom. The number of pyridine rings is 1. The number of aromatic amines is 1. The van der Waals surface area contributed by atoms with Crippen LogP contribution in [0.25, 0.3) is 11.0 Å². The minimum Gasteiger partial charge on any atom is -0.480 e. The van der Waals surface area contributed by atoms with Crippen LogP contribution >= 0.6 is 0 Å². The monoisotopic (exact) mass is 299 g/mol. The molecule has 0 atom stereocenters. The summed E-state index contributed by atoms with van der Waals surface area (Å²) in [4.78, 5) is 17.1. The van der Waals surface area contributed by atoms with Crippen molar-refractivity contribution >= 4 is 27.0 Å². The molecule has 2 rings (SSSR count). The van der Waals surface area contributed by atoms with Crippen LogP contribution in [0.4, 0.5) is 0 Å². The third-order valence-electron chi connectivity index (χ3n) is 2.47. The number of aliphatic carboxylic acids is 1. The third kappa shape index (κ3) is 3.32. The Hall–Kier alpha value is -1.97. The molecular formula is C11H13N3O5S. The molecule has 2 aromatic rings. The molecule has 0 aliphatic heterocycles. The minimum atomic E-state index is -3.69. The van der Waals surface area contributed by atoms with Crippen LogP contribution < -0.4 is 4.72 Å². The van der Waals surface area contributed by atoms with Gasteiger partial charge in [0.05, 0.1) is 6.61 Å². The number of carbonyl (C=O) groups is 1. The Kier molecular flexibility index (Phi) is 4.32. The summed E-state index contributed by atoms with van der Waals surface area (Å²) in [5, 5.41) is 8.86. The summed E-state index contributed by atoms with van der Waals surface area (Å²) in [6, 6.07) is 3.29. The number of H-pyrrole nitrogens is 1. The maximum atomic E-state index is 12.1. The lowest BCUT2D eigenvalue weighted by molar-refractivity contribution is -0.142. The van der Waals surface area contributed by atoms with Crippen molar-refractivity contribution in [1.82, 2.24) is 14.7 Å². The molecule has 0 aromatic carbocycles. The molecule has 0 unspecified atom stereocenters. The number of rotatable bonds is 7. The highest BCUT2D eigenvalue weighted by molar-refractivity contribution is 7.89. The van der Waals surface area contributed by atoms with Crippen molar-refractivity contribution in [3.8, 4) is 0 Å². The molecule has 0 saturated heterocycles. The number of hydrogen-bond acceptors (Lipinski definition) is 5. The van der Waals surface area contributed by atoms with E-state index in [-0.39, 0.29) is 18.0 Å². The Balaban J connectivity index is 2.02. The zero-order valence-corrected chi connectivity index (χ0v) is 11.2. The lowest BCUT2D eigenvalue weighted by Crippen LogP contribution is -2.28. The van der Waals surface area contributed by atoms with E-state index in [1.165, 1.54) is 6.20 Å². The van der Waals surface area contributed by atoms with Gasteiger partial charge in [0, 0.05) is 24.3 Å². The van der Waals surface area contributed by atoms with Crippen LogP contribution in [-0.2, 0) is 19.6 Å². The number of carboxylic acids is 1. The van der Waals surface area contributed by atoms with Crippen LogP contribution in [0.5, 0.6) is 0 Å². The molecule has 108 valence electrons. The van der Waals surface area contributed by atoms with Gasteiger partial charge >= 0.3 is 5.97 Å². The van der Waals surface area contributed by atoms with Crippen LogP contribution in [-0.4, -0.2) is 49.2 Å². The smallest absolute Gasteiger partial charge is 0.329 e. The predicted molar refractivity (Wildman–Crippen MR) is 69.7 cm³/mol. The lowest BCUT2D eigenvalue weighted by atomic mass is 10.3. The molecular weight excluding hydrogens is 286 g/mol. The standard InChI is InChI=1S/C11H13N3O5S/c15-10(16)7-19-5-4-14-20(17,18)9-6-13-11-8(9)2-1-3-12-11/h1-3,6,14H,4-5,7H2,(H,12,13)(H,15,16). The summed E-state index contributed by atoms with van der Waals surface area (Å²) in [6.07, 6.45) is 2.92. The first-order valence-electron chi connectivity index (χ1n) is 5.72. The third-order valence-corrected chi connectivity index (χ3v) is 3.97. The summed E-state index contributed by atoms with van der Waals surface area (Å²) >= 11 is 0. The number of sulfonamides is 1. The van der Waals surface area contributed by atoms with Crippen molar-refractivity contribution in [1.29, 1.82) is 0 Å². The molecule has 0 spiro atoms. The van der Waals surface area contributed by atoms with E-state index in [0.717, 1.165) is 0 Å². The quantitative estimate of drug-likeness (QED) is 0.616. The molecule has 0 amide bonds. The van der Waals surface area contributed by atoms with Crippen LogP contribution in [0.2, 0.25) is 0 Å². The second kappa shape index (κ2) is 5.99.